The van der Waals surface area contributed by atoms with Gasteiger partial charge in [-0.05, 0) is 112 Å². The maximum absolute atomic E-state index is 5.77. The lowest BCUT2D eigenvalue weighted by atomic mass is 9.77. The van der Waals surface area contributed by atoms with Crippen molar-refractivity contribution < 1.29 is 4.74 Å². The zero-order valence-electron chi connectivity index (χ0n) is 20.5. The lowest BCUT2D eigenvalue weighted by molar-refractivity contribution is 0.121. The average Bonchev–Trinajstić information content (AvgIpc) is 2.84. The van der Waals surface area contributed by atoms with E-state index in [4.69, 9.17) is 4.74 Å². The predicted octanol–water partition coefficient (Wildman–Crippen LogP) is 8.81. The van der Waals surface area contributed by atoms with Gasteiger partial charge in [-0.15, -0.1) is 0 Å². The molecule has 2 aromatic carbocycles. The Morgan fingerprint density at radius 3 is 2.31 bits per heavy atom. The highest BCUT2D eigenvalue weighted by Gasteiger charge is 2.21. The second kappa shape index (κ2) is 14.3. The highest BCUT2D eigenvalue weighted by molar-refractivity contribution is 5.27. The third-order valence-corrected chi connectivity index (χ3v) is 7.16. The summed E-state index contributed by atoms with van der Waals surface area (Å²) in [6.45, 7) is 5.90. The smallest absolute Gasteiger partial charge is 0.0719 e. The molecule has 0 atom stereocenters. The first kappa shape index (κ1) is 24.8. The van der Waals surface area contributed by atoms with E-state index in [9.17, 15) is 0 Å². The molecule has 1 aliphatic carbocycles. The van der Waals surface area contributed by atoms with E-state index < -0.39 is 0 Å². The van der Waals surface area contributed by atoms with E-state index in [0.717, 1.165) is 37.9 Å². The fraction of sp³-hybridized carbons (Fsp3) is 0.548. The van der Waals surface area contributed by atoms with E-state index >= 15 is 0 Å². The van der Waals surface area contributed by atoms with Crippen LogP contribution in [0.4, 0.5) is 0 Å². The number of unbranched alkanes of at least 4 members (excludes halogenated alkanes) is 1. The number of benzene rings is 2. The molecule has 0 saturated heterocycles. The Morgan fingerprint density at radius 1 is 0.875 bits per heavy atom. The average molecular weight is 433 g/mol. The van der Waals surface area contributed by atoms with Crippen LogP contribution >= 0.6 is 0 Å². The van der Waals surface area contributed by atoms with Gasteiger partial charge < -0.3 is 4.74 Å². The lowest BCUT2D eigenvalue weighted by Crippen LogP contribution is -2.13. The summed E-state index contributed by atoms with van der Waals surface area (Å²) < 4.78 is 5.77. The van der Waals surface area contributed by atoms with Crippen LogP contribution in [-0.2, 0) is 24.2 Å². The molecule has 32 heavy (non-hydrogen) atoms. The molecule has 1 aliphatic rings. The monoisotopic (exact) mass is 432 g/mol. The summed E-state index contributed by atoms with van der Waals surface area (Å²) in [4.78, 5) is 0. The van der Waals surface area contributed by atoms with Gasteiger partial charge in [0.05, 0.1) is 6.61 Å². The van der Waals surface area contributed by atoms with Gasteiger partial charge in [0.15, 0.2) is 0 Å². The molecular formula is C31H44O. The van der Waals surface area contributed by atoms with Gasteiger partial charge in [0, 0.05) is 6.61 Å². The van der Waals surface area contributed by atoms with Crippen molar-refractivity contribution in [3.05, 3.63) is 82.9 Å². The van der Waals surface area contributed by atoms with Crippen molar-refractivity contribution in [3.8, 4) is 0 Å². The molecule has 2 aromatic rings. The summed E-state index contributed by atoms with van der Waals surface area (Å²) in [5.74, 6) is 1.73. The second-order valence-corrected chi connectivity index (χ2v) is 9.63. The molecule has 0 N–H and O–H groups in total. The van der Waals surface area contributed by atoms with Gasteiger partial charge in [0.25, 0.3) is 0 Å². The molecule has 0 unspecified atom stereocenters. The molecule has 1 nitrogen and oxygen atoms in total. The Morgan fingerprint density at radius 2 is 1.59 bits per heavy atom. The number of ether oxygens (including phenoxy) is 1. The fourth-order valence-corrected chi connectivity index (χ4v) is 5.15. The minimum Gasteiger partial charge on any atom is -0.377 e. The molecule has 0 bridgehead atoms. The Balaban J connectivity index is 1.38. The Hall–Kier alpha value is -1.86. The quantitative estimate of drug-likeness (QED) is 0.227. The van der Waals surface area contributed by atoms with Gasteiger partial charge in [0.2, 0.25) is 0 Å². The molecule has 1 fully saturated rings. The van der Waals surface area contributed by atoms with Crippen molar-refractivity contribution in [2.24, 2.45) is 5.92 Å². The summed E-state index contributed by atoms with van der Waals surface area (Å²) in [5, 5.41) is 0. The van der Waals surface area contributed by atoms with Gasteiger partial charge in [-0.1, -0.05) is 67.6 Å². The zero-order valence-corrected chi connectivity index (χ0v) is 20.5. The van der Waals surface area contributed by atoms with E-state index in [-0.39, 0.29) is 0 Å². The van der Waals surface area contributed by atoms with Crippen molar-refractivity contribution in [2.75, 3.05) is 6.61 Å². The first-order chi connectivity index (χ1) is 15.8. The van der Waals surface area contributed by atoms with E-state index in [1.165, 1.54) is 74.5 Å². The van der Waals surface area contributed by atoms with Crippen LogP contribution in [0, 0.1) is 5.92 Å². The van der Waals surface area contributed by atoms with Crippen LogP contribution in [0.25, 0.3) is 0 Å². The molecule has 174 valence electrons. The number of hydrogen-bond acceptors (Lipinski definition) is 1. The Labute approximate surface area is 197 Å². The number of allylic oxidation sites excluding steroid dienone is 2. The number of hydrogen-bond donors (Lipinski definition) is 0. The molecule has 0 aliphatic heterocycles. The van der Waals surface area contributed by atoms with Crippen molar-refractivity contribution in [1.82, 2.24) is 0 Å². The minimum absolute atomic E-state index is 0.753. The summed E-state index contributed by atoms with van der Waals surface area (Å²) in [5.41, 5.74) is 5.89. The van der Waals surface area contributed by atoms with Crippen LogP contribution in [0.2, 0.25) is 0 Å². The minimum atomic E-state index is 0.753. The molecule has 0 amide bonds. The second-order valence-electron chi connectivity index (χ2n) is 9.63. The Bertz CT molecular complexity index is 780. The Kier molecular flexibility index (Phi) is 11.1. The van der Waals surface area contributed by atoms with Crippen LogP contribution in [0.5, 0.6) is 0 Å². The molecule has 1 heteroatoms. The standard InChI is InChI=1S/C31H44O/c1-3-5-6-11-26-16-20-29(21-17-26)30-22-18-27(19-23-30)12-7-8-13-28-14-9-10-15-31(28)25-32-24-4-2/h3,5,9-10,14-15,18-19,22-23,26,29H,4,6-8,11-13,16-17,20-21,24-25H2,1-2H3. The highest BCUT2D eigenvalue weighted by Crippen LogP contribution is 2.37. The predicted molar refractivity (Wildman–Crippen MR) is 138 cm³/mol. The van der Waals surface area contributed by atoms with Crippen LogP contribution in [-0.4, -0.2) is 6.61 Å². The molecule has 3 rings (SSSR count). The lowest BCUT2D eigenvalue weighted by Gasteiger charge is -2.28. The zero-order chi connectivity index (χ0) is 22.4. The fourth-order valence-electron chi connectivity index (χ4n) is 5.15. The third-order valence-electron chi connectivity index (χ3n) is 7.16. The molecule has 0 radical (unpaired) electrons. The van der Waals surface area contributed by atoms with Crippen molar-refractivity contribution in [1.29, 1.82) is 0 Å². The summed E-state index contributed by atoms with van der Waals surface area (Å²) in [7, 11) is 0. The first-order valence-corrected chi connectivity index (χ1v) is 13.1. The van der Waals surface area contributed by atoms with Crippen LogP contribution in [0.3, 0.4) is 0 Å². The van der Waals surface area contributed by atoms with Crippen molar-refractivity contribution in [3.63, 3.8) is 0 Å². The van der Waals surface area contributed by atoms with Crippen LogP contribution in [0.15, 0.2) is 60.7 Å². The van der Waals surface area contributed by atoms with Gasteiger partial charge in [-0.25, -0.2) is 0 Å². The molecule has 0 aromatic heterocycles. The van der Waals surface area contributed by atoms with Crippen LogP contribution in [0.1, 0.15) is 99.8 Å². The maximum Gasteiger partial charge on any atom is 0.0719 e. The molecule has 1 saturated carbocycles. The highest BCUT2D eigenvalue weighted by atomic mass is 16.5. The van der Waals surface area contributed by atoms with Crippen molar-refractivity contribution >= 4 is 0 Å². The number of aryl methyl sites for hydroxylation is 2. The maximum atomic E-state index is 5.77. The number of rotatable bonds is 13. The molecule has 0 heterocycles. The van der Waals surface area contributed by atoms with E-state index in [0.29, 0.717) is 0 Å². The van der Waals surface area contributed by atoms with Gasteiger partial charge in [-0.3, -0.25) is 0 Å². The first-order valence-electron chi connectivity index (χ1n) is 13.1. The molecular weight excluding hydrogens is 388 g/mol. The van der Waals surface area contributed by atoms with E-state index in [1.807, 2.05) is 0 Å². The SMILES string of the molecule is CC=CCCC1CCC(c2ccc(CCCCc3ccccc3COCCC)cc2)CC1. The van der Waals surface area contributed by atoms with Gasteiger partial charge in [-0.2, -0.15) is 0 Å². The summed E-state index contributed by atoms with van der Waals surface area (Å²) in [6.07, 6.45) is 18.6. The normalized spacial score (nSPS) is 18.9. The third kappa shape index (κ3) is 8.24. The topological polar surface area (TPSA) is 9.23 Å². The van der Waals surface area contributed by atoms with Gasteiger partial charge in [0.1, 0.15) is 0 Å². The van der Waals surface area contributed by atoms with Gasteiger partial charge >= 0.3 is 0 Å². The molecule has 0 spiro atoms. The largest absolute Gasteiger partial charge is 0.377 e. The summed E-state index contributed by atoms with van der Waals surface area (Å²) in [6, 6.07) is 18.4. The van der Waals surface area contributed by atoms with E-state index in [1.54, 1.807) is 5.56 Å². The summed E-state index contributed by atoms with van der Waals surface area (Å²) >= 11 is 0. The van der Waals surface area contributed by atoms with Crippen molar-refractivity contribution in [2.45, 2.75) is 97.0 Å². The van der Waals surface area contributed by atoms with Crippen LogP contribution < -0.4 is 0 Å². The van der Waals surface area contributed by atoms with E-state index in [2.05, 4.69) is 74.5 Å².